The summed E-state index contributed by atoms with van der Waals surface area (Å²) in [4.78, 5) is 37.0. The van der Waals surface area contributed by atoms with E-state index < -0.39 is 4.94 Å². The molecule has 0 bridgehead atoms. The van der Waals surface area contributed by atoms with Crippen LogP contribution in [0.4, 0.5) is 0 Å². The molecule has 0 saturated carbocycles. The zero-order chi connectivity index (χ0) is 21.1. The maximum atomic E-state index is 12.2. The Hall–Kier alpha value is -3.46. The lowest BCUT2D eigenvalue weighted by Gasteiger charge is -2.15. The van der Waals surface area contributed by atoms with Gasteiger partial charge in [-0.2, -0.15) is 5.10 Å². The van der Waals surface area contributed by atoms with Crippen molar-refractivity contribution in [3.8, 4) is 5.75 Å². The van der Waals surface area contributed by atoms with Gasteiger partial charge in [0.25, 0.3) is 5.91 Å². The third-order valence-electron chi connectivity index (χ3n) is 4.86. The van der Waals surface area contributed by atoms with Crippen LogP contribution in [0, 0.1) is 0 Å². The summed E-state index contributed by atoms with van der Waals surface area (Å²) in [5, 5.41) is 3.95. The molecule has 154 valence electrons. The maximum Gasteiger partial charge on any atom is 0.396 e. The van der Waals surface area contributed by atoms with Crippen LogP contribution in [-0.4, -0.2) is 43.1 Å². The third kappa shape index (κ3) is 4.25. The SMILES string of the molecule is COc1cc(/C=N/NC(=O)CN2CC(c3ccccc3)CC2=O)cc2sc(=O)oc12. The molecular weight excluding hydrogens is 406 g/mol. The van der Waals surface area contributed by atoms with Crippen LogP contribution in [0.25, 0.3) is 10.3 Å². The highest BCUT2D eigenvalue weighted by Gasteiger charge is 2.31. The molecule has 9 heteroatoms. The van der Waals surface area contributed by atoms with E-state index in [0.717, 1.165) is 16.9 Å². The molecule has 2 amide bonds. The maximum absolute atomic E-state index is 12.2. The number of ether oxygens (including phenoxy) is 1. The number of carbonyl (C=O) groups is 2. The first-order chi connectivity index (χ1) is 14.5. The van der Waals surface area contributed by atoms with Crippen LogP contribution in [0.15, 0.2) is 56.8 Å². The van der Waals surface area contributed by atoms with E-state index in [-0.39, 0.29) is 24.3 Å². The molecule has 4 rings (SSSR count). The Labute approximate surface area is 175 Å². The van der Waals surface area contributed by atoms with E-state index in [4.69, 9.17) is 9.15 Å². The quantitative estimate of drug-likeness (QED) is 0.483. The van der Waals surface area contributed by atoms with Crippen LogP contribution >= 0.6 is 11.3 Å². The van der Waals surface area contributed by atoms with Crippen LogP contribution < -0.4 is 15.1 Å². The van der Waals surface area contributed by atoms with Crippen molar-refractivity contribution in [3.05, 3.63) is 63.3 Å². The van der Waals surface area contributed by atoms with Crippen molar-refractivity contribution >= 4 is 39.6 Å². The number of rotatable bonds is 6. The van der Waals surface area contributed by atoms with E-state index in [1.807, 2.05) is 30.3 Å². The predicted molar refractivity (Wildman–Crippen MR) is 113 cm³/mol. The average Bonchev–Trinajstić information content (AvgIpc) is 3.29. The summed E-state index contributed by atoms with van der Waals surface area (Å²) in [6.45, 7) is 0.457. The van der Waals surface area contributed by atoms with Crippen molar-refractivity contribution in [1.29, 1.82) is 0 Å². The van der Waals surface area contributed by atoms with Gasteiger partial charge in [-0.1, -0.05) is 41.7 Å². The molecule has 2 aromatic carbocycles. The summed E-state index contributed by atoms with van der Waals surface area (Å²) in [7, 11) is 1.48. The number of hydrogen-bond donors (Lipinski definition) is 1. The molecule has 1 unspecified atom stereocenters. The highest BCUT2D eigenvalue weighted by Crippen LogP contribution is 2.29. The summed E-state index contributed by atoms with van der Waals surface area (Å²) >= 11 is 0.960. The van der Waals surface area contributed by atoms with E-state index in [2.05, 4.69) is 10.5 Å². The fourth-order valence-electron chi connectivity index (χ4n) is 3.45. The van der Waals surface area contributed by atoms with Gasteiger partial charge < -0.3 is 14.1 Å². The third-order valence-corrected chi connectivity index (χ3v) is 5.64. The standard InChI is InChI=1S/C21H19N3O5S/c1-28-16-7-13(8-17-20(16)29-21(27)30-17)10-22-23-18(25)12-24-11-15(9-19(24)26)14-5-3-2-4-6-14/h2-8,10,15H,9,11-12H2,1H3,(H,23,25)/b22-10+. The van der Waals surface area contributed by atoms with Crippen molar-refractivity contribution in [2.24, 2.45) is 5.10 Å². The number of nitrogens with zero attached hydrogens (tertiary/aromatic N) is 2. The van der Waals surface area contributed by atoms with Crippen molar-refractivity contribution in [1.82, 2.24) is 10.3 Å². The van der Waals surface area contributed by atoms with Gasteiger partial charge in [-0.15, -0.1) is 0 Å². The second-order valence-corrected chi connectivity index (χ2v) is 7.86. The summed E-state index contributed by atoms with van der Waals surface area (Å²) in [5.74, 6) is 0.0758. The number of carbonyl (C=O) groups excluding carboxylic acids is 2. The molecule has 1 N–H and O–H groups in total. The zero-order valence-electron chi connectivity index (χ0n) is 16.2. The Morgan fingerprint density at radius 1 is 1.33 bits per heavy atom. The van der Waals surface area contributed by atoms with E-state index in [1.54, 1.807) is 17.0 Å². The molecule has 8 nitrogen and oxygen atoms in total. The topological polar surface area (TPSA) is 101 Å². The lowest BCUT2D eigenvalue weighted by Crippen LogP contribution is -2.36. The molecule has 3 aromatic rings. The lowest BCUT2D eigenvalue weighted by molar-refractivity contribution is -0.133. The predicted octanol–water partition coefficient (Wildman–Crippen LogP) is 2.33. The van der Waals surface area contributed by atoms with E-state index in [1.165, 1.54) is 13.3 Å². The lowest BCUT2D eigenvalue weighted by atomic mass is 9.99. The van der Waals surface area contributed by atoms with Gasteiger partial charge in [-0.3, -0.25) is 9.59 Å². The Morgan fingerprint density at radius 3 is 2.90 bits per heavy atom. The number of amides is 2. The van der Waals surface area contributed by atoms with Crippen LogP contribution in [0.2, 0.25) is 0 Å². The fraction of sp³-hybridized carbons (Fsp3) is 0.238. The number of nitrogens with one attached hydrogen (secondary N) is 1. The first kappa shape index (κ1) is 19.8. The highest BCUT2D eigenvalue weighted by atomic mass is 32.1. The summed E-state index contributed by atoms with van der Waals surface area (Å²) in [5.41, 5.74) is 4.55. The molecule has 0 spiro atoms. The van der Waals surface area contributed by atoms with Crippen molar-refractivity contribution < 1.29 is 18.7 Å². The van der Waals surface area contributed by atoms with Gasteiger partial charge in [0.1, 0.15) is 6.54 Å². The van der Waals surface area contributed by atoms with Crippen LogP contribution in [0.3, 0.4) is 0 Å². The second kappa shape index (κ2) is 8.50. The van der Waals surface area contributed by atoms with E-state index in [9.17, 15) is 14.4 Å². The Balaban J connectivity index is 1.37. The number of methoxy groups -OCH3 is 1. The van der Waals surface area contributed by atoms with Gasteiger partial charge in [0.15, 0.2) is 11.3 Å². The van der Waals surface area contributed by atoms with Gasteiger partial charge in [0, 0.05) is 18.9 Å². The molecule has 1 aromatic heterocycles. The van der Waals surface area contributed by atoms with Crippen molar-refractivity contribution in [2.75, 3.05) is 20.2 Å². The fourth-order valence-corrected chi connectivity index (χ4v) is 4.19. The largest absolute Gasteiger partial charge is 0.493 e. The molecule has 0 radical (unpaired) electrons. The van der Waals surface area contributed by atoms with Crippen LogP contribution in [-0.2, 0) is 9.59 Å². The van der Waals surface area contributed by atoms with Gasteiger partial charge in [0.05, 0.1) is 18.0 Å². The number of hydrazone groups is 1. The normalized spacial score (nSPS) is 16.5. The van der Waals surface area contributed by atoms with E-state index >= 15 is 0 Å². The van der Waals surface area contributed by atoms with Gasteiger partial charge >= 0.3 is 4.94 Å². The number of likely N-dealkylation sites (tertiary alicyclic amines) is 1. The Bertz CT molecular complexity index is 1170. The molecule has 2 heterocycles. The zero-order valence-corrected chi connectivity index (χ0v) is 17.0. The van der Waals surface area contributed by atoms with E-state index in [0.29, 0.717) is 34.6 Å². The summed E-state index contributed by atoms with van der Waals surface area (Å²) in [6, 6.07) is 13.2. The highest BCUT2D eigenvalue weighted by molar-refractivity contribution is 7.16. The van der Waals surface area contributed by atoms with Crippen LogP contribution in [0.5, 0.6) is 5.75 Å². The Morgan fingerprint density at radius 2 is 2.13 bits per heavy atom. The monoisotopic (exact) mass is 425 g/mol. The molecule has 1 aliphatic rings. The smallest absolute Gasteiger partial charge is 0.396 e. The molecule has 1 fully saturated rings. The first-order valence-corrected chi connectivity index (χ1v) is 10.1. The van der Waals surface area contributed by atoms with Crippen molar-refractivity contribution in [2.45, 2.75) is 12.3 Å². The molecule has 1 aliphatic heterocycles. The van der Waals surface area contributed by atoms with Gasteiger partial charge in [-0.05, 0) is 23.3 Å². The minimum atomic E-state index is -0.422. The number of benzene rings is 2. The van der Waals surface area contributed by atoms with Gasteiger partial charge in [0.2, 0.25) is 5.91 Å². The summed E-state index contributed by atoms with van der Waals surface area (Å²) < 4.78 is 11.0. The molecule has 0 aliphatic carbocycles. The molecule has 30 heavy (non-hydrogen) atoms. The summed E-state index contributed by atoms with van der Waals surface area (Å²) in [6.07, 6.45) is 1.84. The minimum absolute atomic E-state index is 0.0481. The average molecular weight is 425 g/mol. The minimum Gasteiger partial charge on any atom is -0.493 e. The van der Waals surface area contributed by atoms with Gasteiger partial charge in [-0.25, -0.2) is 10.2 Å². The number of hydrogen-bond acceptors (Lipinski definition) is 7. The first-order valence-electron chi connectivity index (χ1n) is 9.30. The number of fused-ring (bicyclic) bond motifs is 1. The van der Waals surface area contributed by atoms with Crippen LogP contribution in [0.1, 0.15) is 23.5 Å². The molecule has 1 saturated heterocycles. The molecular formula is C21H19N3O5S. The second-order valence-electron chi connectivity index (χ2n) is 6.88. The molecule has 1 atom stereocenters. The van der Waals surface area contributed by atoms with Crippen molar-refractivity contribution in [3.63, 3.8) is 0 Å². The Kier molecular flexibility index (Phi) is 5.62.